The number of rotatable bonds is 5. The van der Waals surface area contributed by atoms with Crippen molar-refractivity contribution in [3.8, 4) is 11.3 Å². The second-order valence-electron chi connectivity index (χ2n) is 9.19. The van der Waals surface area contributed by atoms with Gasteiger partial charge in [-0.3, -0.25) is 19.4 Å². The summed E-state index contributed by atoms with van der Waals surface area (Å²) in [5.41, 5.74) is 3.21. The van der Waals surface area contributed by atoms with Gasteiger partial charge in [-0.2, -0.15) is 0 Å². The van der Waals surface area contributed by atoms with E-state index in [1.165, 1.54) is 28.6 Å². The Morgan fingerprint density at radius 3 is 2.76 bits per heavy atom. The maximum absolute atomic E-state index is 14.3. The minimum absolute atomic E-state index is 0.0636. The van der Waals surface area contributed by atoms with E-state index in [9.17, 15) is 14.0 Å². The number of hydrogen-bond donors (Lipinski definition) is 1. The molecule has 3 aromatic rings. The van der Waals surface area contributed by atoms with Crippen LogP contribution in [0.5, 0.6) is 0 Å². The van der Waals surface area contributed by atoms with Crippen molar-refractivity contribution < 1.29 is 14.0 Å². The number of piperidine rings is 1. The summed E-state index contributed by atoms with van der Waals surface area (Å²) in [4.78, 5) is 38.4. The minimum Gasteiger partial charge on any atom is -0.314 e. The number of likely N-dealkylation sites (tertiary alicyclic amines) is 1. The summed E-state index contributed by atoms with van der Waals surface area (Å²) in [5, 5.41) is 3.40. The van der Waals surface area contributed by atoms with Gasteiger partial charge in [0, 0.05) is 42.7 Å². The van der Waals surface area contributed by atoms with Crippen LogP contribution < -0.4 is 5.32 Å². The second kappa shape index (κ2) is 7.93. The van der Waals surface area contributed by atoms with Crippen molar-refractivity contribution in [3.05, 3.63) is 46.9 Å². The quantitative estimate of drug-likeness (QED) is 0.584. The molecule has 2 saturated heterocycles. The van der Waals surface area contributed by atoms with E-state index >= 15 is 0 Å². The Morgan fingerprint density at radius 1 is 1.15 bits per heavy atom. The molecular formula is C24H24FN5O2S. The SMILES string of the molecule is C[C@H]1CNCCN1Cc1ccc(F)cc1-c1ncnc2cc(CN3C(=O)C4CC4C3=O)sc12. The number of carbonyl (C=O) groups excluding carboxylic acids is 2. The number of carbonyl (C=O) groups is 2. The molecule has 1 aliphatic carbocycles. The lowest BCUT2D eigenvalue weighted by atomic mass is 10.0. The number of amides is 2. The van der Waals surface area contributed by atoms with Gasteiger partial charge in [0.2, 0.25) is 11.8 Å². The molecule has 2 amide bonds. The van der Waals surface area contributed by atoms with Crippen molar-refractivity contribution in [2.75, 3.05) is 19.6 Å². The highest BCUT2D eigenvalue weighted by Crippen LogP contribution is 2.47. The first-order valence-corrected chi connectivity index (χ1v) is 12.1. The fourth-order valence-electron chi connectivity index (χ4n) is 4.98. The zero-order valence-electron chi connectivity index (χ0n) is 18.3. The summed E-state index contributed by atoms with van der Waals surface area (Å²) in [6.07, 6.45) is 2.20. The normalized spacial score (nSPS) is 25.2. The van der Waals surface area contributed by atoms with Crippen molar-refractivity contribution >= 4 is 33.4 Å². The smallest absolute Gasteiger partial charge is 0.233 e. The van der Waals surface area contributed by atoms with Crippen molar-refractivity contribution in [1.82, 2.24) is 25.1 Å². The lowest BCUT2D eigenvalue weighted by molar-refractivity contribution is -0.141. The average Bonchev–Trinajstić information content (AvgIpc) is 3.44. The number of halogens is 1. The molecule has 33 heavy (non-hydrogen) atoms. The van der Waals surface area contributed by atoms with Gasteiger partial charge >= 0.3 is 0 Å². The van der Waals surface area contributed by atoms with Gasteiger partial charge in [-0.15, -0.1) is 11.3 Å². The summed E-state index contributed by atoms with van der Waals surface area (Å²) in [5.74, 6) is -0.648. The van der Waals surface area contributed by atoms with Crippen molar-refractivity contribution in [2.24, 2.45) is 11.8 Å². The van der Waals surface area contributed by atoms with Gasteiger partial charge in [0.25, 0.3) is 0 Å². The van der Waals surface area contributed by atoms with Gasteiger partial charge in [0.1, 0.15) is 12.1 Å². The molecule has 2 aliphatic heterocycles. The standard InChI is InChI=1S/C24H24FN5O2S/c1-13-9-26-4-5-29(13)10-14-2-3-15(25)6-17(14)21-22-20(27-12-28-21)7-16(33-22)11-30-23(31)18-8-19(18)24(30)32/h2-3,6-7,12-13,18-19,26H,4-5,8-11H2,1H3/t13-,18?,19?/m0/s1. The Balaban J connectivity index is 1.35. The molecule has 3 fully saturated rings. The summed E-state index contributed by atoms with van der Waals surface area (Å²) < 4.78 is 15.2. The van der Waals surface area contributed by atoms with Crippen LogP contribution in [-0.2, 0) is 22.7 Å². The van der Waals surface area contributed by atoms with Gasteiger partial charge in [-0.25, -0.2) is 14.4 Å². The molecule has 0 radical (unpaired) electrons. The van der Waals surface area contributed by atoms with Crippen LogP contribution in [0.2, 0.25) is 0 Å². The fraction of sp³-hybridized carbons (Fsp3) is 0.417. The fourth-order valence-corrected chi connectivity index (χ4v) is 6.08. The summed E-state index contributed by atoms with van der Waals surface area (Å²) in [6.45, 7) is 5.96. The number of benzene rings is 1. The molecule has 1 saturated carbocycles. The minimum atomic E-state index is -0.307. The molecule has 1 aromatic carbocycles. The van der Waals surface area contributed by atoms with Crippen molar-refractivity contribution in [3.63, 3.8) is 0 Å². The second-order valence-corrected chi connectivity index (χ2v) is 10.3. The number of thiophene rings is 1. The Bertz CT molecular complexity index is 1260. The van der Waals surface area contributed by atoms with E-state index in [2.05, 4.69) is 27.1 Å². The number of fused-ring (bicyclic) bond motifs is 2. The highest BCUT2D eigenvalue weighted by atomic mass is 32.1. The lowest BCUT2D eigenvalue weighted by Crippen LogP contribution is -2.49. The van der Waals surface area contributed by atoms with E-state index in [1.54, 1.807) is 6.07 Å². The number of hydrogen-bond acceptors (Lipinski definition) is 7. The van der Waals surface area contributed by atoms with E-state index in [1.807, 2.05) is 12.1 Å². The van der Waals surface area contributed by atoms with E-state index < -0.39 is 0 Å². The summed E-state index contributed by atoms with van der Waals surface area (Å²) in [7, 11) is 0. The van der Waals surface area contributed by atoms with E-state index in [0.717, 1.165) is 45.9 Å². The zero-order chi connectivity index (χ0) is 22.7. The molecular weight excluding hydrogens is 441 g/mol. The third-order valence-corrected chi connectivity index (χ3v) is 8.09. The topological polar surface area (TPSA) is 78.4 Å². The van der Waals surface area contributed by atoms with Crippen LogP contribution in [0.4, 0.5) is 4.39 Å². The average molecular weight is 466 g/mol. The molecule has 9 heteroatoms. The first-order valence-electron chi connectivity index (χ1n) is 11.3. The molecule has 6 rings (SSSR count). The van der Waals surface area contributed by atoms with Crippen LogP contribution >= 0.6 is 11.3 Å². The van der Waals surface area contributed by atoms with E-state index in [0.29, 0.717) is 24.7 Å². The predicted molar refractivity (Wildman–Crippen MR) is 123 cm³/mol. The maximum Gasteiger partial charge on any atom is 0.233 e. The Labute approximate surface area is 194 Å². The molecule has 0 spiro atoms. The van der Waals surface area contributed by atoms with Gasteiger partial charge in [0.05, 0.1) is 34.3 Å². The van der Waals surface area contributed by atoms with Crippen LogP contribution in [0.15, 0.2) is 30.6 Å². The Kier molecular flexibility index (Phi) is 5.01. The largest absolute Gasteiger partial charge is 0.314 e. The molecule has 3 atom stereocenters. The van der Waals surface area contributed by atoms with E-state index in [4.69, 9.17) is 0 Å². The third kappa shape index (κ3) is 3.64. The monoisotopic (exact) mass is 465 g/mol. The van der Waals surface area contributed by atoms with Gasteiger partial charge in [-0.05, 0) is 37.1 Å². The van der Waals surface area contributed by atoms with Crippen LogP contribution in [0, 0.1) is 17.7 Å². The summed E-state index contributed by atoms with van der Waals surface area (Å²) in [6, 6.07) is 7.18. The number of piperazine rings is 1. The number of aromatic nitrogens is 2. The van der Waals surface area contributed by atoms with Gasteiger partial charge in [0.15, 0.2) is 0 Å². The van der Waals surface area contributed by atoms with E-state index in [-0.39, 0.29) is 36.0 Å². The predicted octanol–water partition coefficient (Wildman–Crippen LogP) is 2.80. The first kappa shape index (κ1) is 20.8. The zero-order valence-corrected chi connectivity index (χ0v) is 19.1. The van der Waals surface area contributed by atoms with Gasteiger partial charge in [-0.1, -0.05) is 6.07 Å². The molecule has 2 unspecified atom stereocenters. The van der Waals surface area contributed by atoms with Gasteiger partial charge < -0.3 is 5.32 Å². The van der Waals surface area contributed by atoms with Crippen LogP contribution in [0.3, 0.4) is 0 Å². The molecule has 2 aromatic heterocycles. The van der Waals surface area contributed by atoms with Crippen LogP contribution in [-0.4, -0.2) is 57.3 Å². The van der Waals surface area contributed by atoms with Crippen LogP contribution in [0.1, 0.15) is 23.8 Å². The molecule has 170 valence electrons. The molecule has 4 heterocycles. The lowest BCUT2D eigenvalue weighted by Gasteiger charge is -2.34. The Hall–Kier alpha value is -2.75. The molecule has 7 nitrogen and oxygen atoms in total. The molecule has 1 N–H and O–H groups in total. The highest BCUT2D eigenvalue weighted by Gasteiger charge is 2.58. The van der Waals surface area contributed by atoms with Crippen molar-refractivity contribution in [2.45, 2.75) is 32.5 Å². The van der Waals surface area contributed by atoms with Crippen LogP contribution in [0.25, 0.3) is 21.5 Å². The highest BCUT2D eigenvalue weighted by molar-refractivity contribution is 7.19. The number of imide groups is 1. The molecule has 0 bridgehead atoms. The maximum atomic E-state index is 14.3. The number of nitrogens with one attached hydrogen (secondary N) is 1. The molecule has 3 aliphatic rings. The summed E-state index contributed by atoms with van der Waals surface area (Å²) >= 11 is 1.47. The third-order valence-electron chi connectivity index (χ3n) is 6.97. The number of nitrogens with zero attached hydrogens (tertiary/aromatic N) is 4. The van der Waals surface area contributed by atoms with Crippen molar-refractivity contribution in [1.29, 1.82) is 0 Å². The Morgan fingerprint density at radius 2 is 1.97 bits per heavy atom. The first-order chi connectivity index (χ1) is 16.0.